The molecule has 0 unspecified atom stereocenters. The van der Waals surface area contributed by atoms with Crippen molar-refractivity contribution in [2.24, 2.45) is 0 Å². The van der Waals surface area contributed by atoms with Crippen LogP contribution in [0.2, 0.25) is 0 Å². The van der Waals surface area contributed by atoms with Crippen LogP contribution in [0.25, 0.3) is 0 Å². The average Bonchev–Trinajstić information content (AvgIpc) is 2.84. The molecule has 2 aromatic rings. The number of carbonyl (C=O) groups excluding carboxylic acids is 1. The molecule has 1 N–H and O–H groups in total. The van der Waals surface area contributed by atoms with Crippen molar-refractivity contribution in [2.45, 2.75) is 13.3 Å². The Morgan fingerprint density at radius 3 is 2.85 bits per heavy atom. The van der Waals surface area contributed by atoms with Gasteiger partial charge in [0.15, 0.2) is 17.9 Å². The number of aromatic nitrogens is 1. The van der Waals surface area contributed by atoms with Crippen LogP contribution in [0.5, 0.6) is 11.5 Å². The number of nitrogens with zero attached hydrogens (tertiary/aromatic N) is 1. The third kappa shape index (κ3) is 2.59. The highest BCUT2D eigenvalue weighted by molar-refractivity contribution is 5.92. The van der Waals surface area contributed by atoms with Gasteiger partial charge >= 0.3 is 0 Å². The largest absolute Gasteiger partial charge is 0.486 e. The lowest BCUT2D eigenvalue weighted by molar-refractivity contribution is -0.115. The topological polar surface area (TPSA) is 73.6 Å². The average molecular weight is 274 g/mol. The van der Waals surface area contributed by atoms with E-state index in [0.29, 0.717) is 36.2 Å². The summed E-state index contributed by atoms with van der Waals surface area (Å²) in [5, 5.41) is 2.80. The molecule has 1 aromatic carbocycles. The first-order valence-corrected chi connectivity index (χ1v) is 6.31. The summed E-state index contributed by atoms with van der Waals surface area (Å²) in [7, 11) is 0. The van der Waals surface area contributed by atoms with E-state index in [0.717, 1.165) is 5.69 Å². The number of anilines is 1. The van der Waals surface area contributed by atoms with E-state index in [2.05, 4.69) is 10.3 Å². The lowest BCUT2D eigenvalue weighted by Gasteiger charge is -2.18. The number of carbonyl (C=O) groups is 1. The van der Waals surface area contributed by atoms with Crippen LogP contribution in [0, 0.1) is 6.92 Å². The Kier molecular flexibility index (Phi) is 3.28. The van der Waals surface area contributed by atoms with Crippen LogP contribution in [0.1, 0.15) is 11.5 Å². The van der Waals surface area contributed by atoms with Gasteiger partial charge in [-0.05, 0) is 19.1 Å². The molecule has 6 heteroatoms. The first kappa shape index (κ1) is 12.5. The van der Waals surface area contributed by atoms with Gasteiger partial charge in [-0.15, -0.1) is 0 Å². The highest BCUT2D eigenvalue weighted by atomic mass is 16.6. The molecule has 20 heavy (non-hydrogen) atoms. The Labute approximate surface area is 115 Å². The second kappa shape index (κ2) is 5.24. The molecular formula is C14H14N2O4. The summed E-state index contributed by atoms with van der Waals surface area (Å²) in [6.07, 6.45) is 1.49. The molecule has 1 amide bonds. The summed E-state index contributed by atoms with van der Waals surface area (Å²) >= 11 is 0. The molecule has 0 atom stereocenters. The van der Waals surface area contributed by atoms with E-state index < -0.39 is 0 Å². The van der Waals surface area contributed by atoms with E-state index >= 15 is 0 Å². The van der Waals surface area contributed by atoms with Crippen LogP contribution in [0.15, 0.2) is 29.0 Å². The van der Waals surface area contributed by atoms with Crippen molar-refractivity contribution >= 4 is 11.6 Å². The summed E-state index contributed by atoms with van der Waals surface area (Å²) < 4.78 is 16.0. The summed E-state index contributed by atoms with van der Waals surface area (Å²) in [6, 6.07) is 5.31. The third-order valence-corrected chi connectivity index (χ3v) is 2.99. The monoisotopic (exact) mass is 274 g/mol. The van der Waals surface area contributed by atoms with Crippen LogP contribution in [0.4, 0.5) is 5.69 Å². The number of aryl methyl sites for hydroxylation is 1. The van der Waals surface area contributed by atoms with Gasteiger partial charge in [0.2, 0.25) is 5.91 Å². The minimum atomic E-state index is -0.165. The first-order chi connectivity index (χ1) is 9.72. The van der Waals surface area contributed by atoms with Gasteiger partial charge in [-0.25, -0.2) is 4.98 Å². The van der Waals surface area contributed by atoms with Crippen LogP contribution in [-0.4, -0.2) is 24.1 Å². The maximum Gasteiger partial charge on any atom is 0.232 e. The van der Waals surface area contributed by atoms with Crippen molar-refractivity contribution in [1.29, 1.82) is 0 Å². The molecule has 6 nitrogen and oxygen atoms in total. The fourth-order valence-electron chi connectivity index (χ4n) is 1.97. The smallest absolute Gasteiger partial charge is 0.232 e. The standard InChI is InChI=1S/C14H14N2O4/c1-9-12(20-8-15-9)7-14(17)16-10-2-3-11-13(6-10)19-5-4-18-11/h2-3,6,8H,4-5,7H2,1H3,(H,16,17). The van der Waals surface area contributed by atoms with Crippen LogP contribution in [0.3, 0.4) is 0 Å². The number of hydrogen-bond donors (Lipinski definition) is 1. The summed E-state index contributed by atoms with van der Waals surface area (Å²) in [5.41, 5.74) is 1.39. The van der Waals surface area contributed by atoms with Crippen LogP contribution >= 0.6 is 0 Å². The zero-order chi connectivity index (χ0) is 13.9. The molecule has 0 saturated carbocycles. The summed E-state index contributed by atoms with van der Waals surface area (Å²) in [6.45, 7) is 2.86. The van der Waals surface area contributed by atoms with E-state index in [1.807, 2.05) is 0 Å². The molecule has 1 aromatic heterocycles. The van der Waals surface area contributed by atoms with Gasteiger partial charge in [-0.3, -0.25) is 4.79 Å². The quantitative estimate of drug-likeness (QED) is 0.925. The Morgan fingerprint density at radius 2 is 2.10 bits per heavy atom. The lowest BCUT2D eigenvalue weighted by Crippen LogP contribution is -2.17. The second-order valence-electron chi connectivity index (χ2n) is 4.44. The number of amides is 1. The molecule has 1 aliphatic heterocycles. The molecule has 0 spiro atoms. The van der Waals surface area contributed by atoms with Gasteiger partial charge in [0, 0.05) is 11.8 Å². The number of rotatable bonds is 3. The van der Waals surface area contributed by atoms with E-state index in [1.165, 1.54) is 6.39 Å². The molecular weight excluding hydrogens is 260 g/mol. The lowest BCUT2D eigenvalue weighted by atomic mass is 10.2. The van der Waals surface area contributed by atoms with Crippen LogP contribution in [-0.2, 0) is 11.2 Å². The fraction of sp³-hybridized carbons (Fsp3) is 0.286. The molecule has 104 valence electrons. The highest BCUT2D eigenvalue weighted by Gasteiger charge is 2.14. The molecule has 0 radical (unpaired) electrons. The predicted molar refractivity (Wildman–Crippen MR) is 71.0 cm³/mol. The van der Waals surface area contributed by atoms with Gasteiger partial charge < -0.3 is 19.2 Å². The minimum Gasteiger partial charge on any atom is -0.486 e. The third-order valence-electron chi connectivity index (χ3n) is 2.99. The molecule has 0 saturated heterocycles. The number of nitrogens with one attached hydrogen (secondary N) is 1. The predicted octanol–water partition coefficient (Wildman–Crippen LogP) is 1.94. The Bertz CT molecular complexity index is 636. The zero-order valence-electron chi connectivity index (χ0n) is 11.0. The number of hydrogen-bond acceptors (Lipinski definition) is 5. The van der Waals surface area contributed by atoms with E-state index in [4.69, 9.17) is 13.9 Å². The van der Waals surface area contributed by atoms with Crippen molar-refractivity contribution in [1.82, 2.24) is 4.98 Å². The van der Waals surface area contributed by atoms with E-state index in [9.17, 15) is 4.79 Å². The molecule has 2 heterocycles. The van der Waals surface area contributed by atoms with E-state index in [1.54, 1.807) is 25.1 Å². The van der Waals surface area contributed by atoms with Gasteiger partial charge in [-0.1, -0.05) is 0 Å². The number of fused-ring (bicyclic) bond motifs is 1. The molecule has 0 bridgehead atoms. The van der Waals surface area contributed by atoms with Crippen molar-refractivity contribution in [3.05, 3.63) is 36.0 Å². The Morgan fingerprint density at radius 1 is 1.30 bits per heavy atom. The SMILES string of the molecule is Cc1ncoc1CC(=O)Nc1ccc2c(c1)OCCO2. The van der Waals surface area contributed by atoms with Crippen molar-refractivity contribution in [3.8, 4) is 11.5 Å². The maximum absolute atomic E-state index is 11.9. The van der Waals surface area contributed by atoms with Gasteiger partial charge in [0.05, 0.1) is 12.1 Å². The van der Waals surface area contributed by atoms with Crippen molar-refractivity contribution in [2.75, 3.05) is 18.5 Å². The van der Waals surface area contributed by atoms with E-state index in [-0.39, 0.29) is 12.3 Å². The molecule has 0 aliphatic carbocycles. The van der Waals surface area contributed by atoms with Gasteiger partial charge in [-0.2, -0.15) is 0 Å². The van der Waals surface area contributed by atoms with Crippen molar-refractivity contribution < 1.29 is 18.7 Å². The fourth-order valence-corrected chi connectivity index (χ4v) is 1.97. The first-order valence-electron chi connectivity index (χ1n) is 6.31. The zero-order valence-corrected chi connectivity index (χ0v) is 11.0. The van der Waals surface area contributed by atoms with Crippen LogP contribution < -0.4 is 14.8 Å². The van der Waals surface area contributed by atoms with Gasteiger partial charge in [0.25, 0.3) is 0 Å². The summed E-state index contributed by atoms with van der Waals surface area (Å²) in [5.74, 6) is 1.74. The Balaban J connectivity index is 1.68. The number of benzene rings is 1. The second-order valence-corrected chi connectivity index (χ2v) is 4.44. The highest BCUT2D eigenvalue weighted by Crippen LogP contribution is 2.32. The molecule has 1 aliphatic rings. The molecule has 3 rings (SSSR count). The van der Waals surface area contributed by atoms with Crippen molar-refractivity contribution in [3.63, 3.8) is 0 Å². The summed E-state index contributed by atoms with van der Waals surface area (Å²) in [4.78, 5) is 15.9. The normalized spacial score (nSPS) is 13.1. The molecule has 0 fully saturated rings. The Hall–Kier alpha value is -2.50. The maximum atomic E-state index is 11.9. The minimum absolute atomic E-state index is 0.153. The number of oxazole rings is 1. The number of ether oxygens (including phenoxy) is 2. The van der Waals surface area contributed by atoms with Gasteiger partial charge in [0.1, 0.15) is 19.0 Å².